The van der Waals surface area contributed by atoms with Crippen LogP contribution in [0.3, 0.4) is 0 Å². The Morgan fingerprint density at radius 2 is 2.09 bits per heavy atom. The zero-order valence-electron chi connectivity index (χ0n) is 20.7. The molecule has 8 heteroatoms. The number of nitrogens with zero attached hydrogens (tertiary/aromatic N) is 4. The highest BCUT2D eigenvalue weighted by Gasteiger charge is 2.31. The molecule has 3 aromatic heterocycles. The van der Waals surface area contributed by atoms with Crippen LogP contribution in [-0.4, -0.2) is 37.3 Å². The Labute approximate surface area is 194 Å². The Bertz CT molecular complexity index is 1510. The van der Waals surface area contributed by atoms with Crippen molar-refractivity contribution in [3.05, 3.63) is 55.1 Å². The number of nitrogen functional groups attached to an aromatic ring is 1. The monoisotopic (exact) mass is 444 g/mol. The molecule has 4 heterocycles. The molecule has 33 heavy (non-hydrogen) atoms. The van der Waals surface area contributed by atoms with Crippen LogP contribution in [0.25, 0.3) is 38.6 Å². The van der Waals surface area contributed by atoms with Gasteiger partial charge in [-0.05, 0) is 44.9 Å². The summed E-state index contributed by atoms with van der Waals surface area (Å²) in [5.41, 5.74) is 9.35. The predicted molar refractivity (Wildman–Crippen MR) is 129 cm³/mol. The lowest BCUT2D eigenvalue weighted by Gasteiger charge is -2.29. The number of carbonyl (C=O) groups is 1. The second kappa shape index (κ2) is 7.58. The van der Waals surface area contributed by atoms with Gasteiger partial charge in [0.25, 0.3) is 0 Å². The van der Waals surface area contributed by atoms with Crippen molar-refractivity contribution < 1.29 is 12.3 Å². The maximum absolute atomic E-state index is 12.5. The van der Waals surface area contributed by atoms with Crippen LogP contribution in [0.15, 0.2) is 49.4 Å². The number of rotatable bonds is 2. The van der Waals surface area contributed by atoms with Gasteiger partial charge in [-0.2, -0.15) is 0 Å². The number of pyridine rings is 1. The Morgan fingerprint density at radius 1 is 1.30 bits per heavy atom. The number of alkyl carbamates (subject to hydrolysis) is 1. The summed E-state index contributed by atoms with van der Waals surface area (Å²) >= 11 is 0. The van der Waals surface area contributed by atoms with Gasteiger partial charge in [-0.3, -0.25) is 4.98 Å². The second-order valence-corrected chi connectivity index (χ2v) is 9.07. The van der Waals surface area contributed by atoms with E-state index in [0.29, 0.717) is 27.9 Å². The summed E-state index contributed by atoms with van der Waals surface area (Å²) in [6.45, 7) is 7.43. The summed E-state index contributed by atoms with van der Waals surface area (Å²) in [6, 6.07) is 8.79. The highest BCUT2D eigenvalue weighted by molar-refractivity contribution is 6.06. The summed E-state index contributed by atoms with van der Waals surface area (Å²) < 4.78 is 24.9. The molecule has 1 aliphatic rings. The van der Waals surface area contributed by atoms with Gasteiger partial charge in [0.15, 0.2) is 0 Å². The lowest BCUT2D eigenvalue weighted by atomic mass is 9.94. The van der Waals surface area contributed by atoms with E-state index in [1.54, 1.807) is 27.0 Å². The number of ether oxygens (including phenoxy) is 1. The molecule has 0 spiro atoms. The summed E-state index contributed by atoms with van der Waals surface area (Å²) in [5.74, 6) is 0.223. The molecule has 3 N–H and O–H groups in total. The van der Waals surface area contributed by atoms with Gasteiger partial charge in [0.1, 0.15) is 23.4 Å². The zero-order valence-corrected chi connectivity index (χ0v) is 18.7. The largest absolute Gasteiger partial charge is 0.444 e. The molecule has 0 aliphatic carbocycles. The topological polar surface area (TPSA) is 108 Å². The number of para-hydroxylation sites is 1. The van der Waals surface area contributed by atoms with Crippen LogP contribution in [0.2, 0.25) is 0 Å². The Balaban J connectivity index is 1.71. The van der Waals surface area contributed by atoms with E-state index in [4.69, 9.17) is 13.2 Å². The van der Waals surface area contributed by atoms with Crippen LogP contribution >= 0.6 is 0 Å². The summed E-state index contributed by atoms with van der Waals surface area (Å²) in [4.78, 5) is 25.7. The first-order valence-corrected chi connectivity index (χ1v) is 10.7. The number of aromatic nitrogens is 4. The third-order valence-corrected chi connectivity index (χ3v) is 5.42. The number of carbonyl (C=O) groups excluding carboxylic acids is 1. The number of nitrogens with one attached hydrogen (secondary N) is 1. The lowest BCUT2D eigenvalue weighted by molar-refractivity contribution is 0.0499. The van der Waals surface area contributed by atoms with Gasteiger partial charge in [-0.15, -0.1) is 0 Å². The second-order valence-electron chi connectivity index (χ2n) is 9.07. The number of hydrogen-bond acceptors (Lipinski definition) is 6. The molecule has 8 nitrogen and oxygen atoms in total. The molecule has 168 valence electrons. The smallest absolute Gasteiger partial charge is 0.407 e. The van der Waals surface area contributed by atoms with Crippen LogP contribution in [0.1, 0.15) is 35.6 Å². The highest BCUT2D eigenvalue weighted by atomic mass is 16.6. The van der Waals surface area contributed by atoms with Crippen molar-refractivity contribution in [1.29, 1.82) is 0 Å². The number of hydrogen-bond donors (Lipinski definition) is 2. The Morgan fingerprint density at radius 3 is 2.88 bits per heavy atom. The van der Waals surface area contributed by atoms with Crippen LogP contribution in [0.4, 0.5) is 10.6 Å². The molecule has 0 fully saturated rings. The first-order valence-electron chi connectivity index (χ1n) is 11.7. The van der Waals surface area contributed by atoms with Crippen molar-refractivity contribution in [2.75, 3.05) is 5.73 Å². The Kier molecular flexibility index (Phi) is 4.28. The van der Waals surface area contributed by atoms with Crippen molar-refractivity contribution in [3.63, 3.8) is 0 Å². The van der Waals surface area contributed by atoms with Crippen LogP contribution in [-0.2, 0) is 11.2 Å². The van der Waals surface area contributed by atoms with Gasteiger partial charge in [-0.1, -0.05) is 24.8 Å². The van der Waals surface area contributed by atoms with Crippen molar-refractivity contribution in [2.45, 2.75) is 45.3 Å². The summed E-state index contributed by atoms with van der Waals surface area (Å²) in [6.07, 6.45) is 2.51. The first-order chi connectivity index (χ1) is 16.5. The average molecular weight is 445 g/mol. The normalized spacial score (nSPS) is 18.5. The molecule has 0 bridgehead atoms. The maximum Gasteiger partial charge on any atom is 0.407 e. The molecule has 0 saturated heterocycles. The molecular formula is C25H26N6O2. The molecular weight excluding hydrogens is 416 g/mol. The molecule has 0 radical (unpaired) electrons. The van der Waals surface area contributed by atoms with Crippen molar-refractivity contribution in [1.82, 2.24) is 24.8 Å². The molecule has 1 amide bonds. The third kappa shape index (κ3) is 3.77. The van der Waals surface area contributed by atoms with Gasteiger partial charge in [0.2, 0.25) is 0 Å². The van der Waals surface area contributed by atoms with E-state index in [1.807, 2.05) is 30.3 Å². The van der Waals surface area contributed by atoms with Crippen LogP contribution in [0.5, 0.6) is 0 Å². The minimum Gasteiger partial charge on any atom is -0.444 e. The molecule has 0 saturated carbocycles. The molecule has 1 aromatic carbocycles. The van der Waals surface area contributed by atoms with E-state index < -0.39 is 24.2 Å². The van der Waals surface area contributed by atoms with E-state index in [-0.39, 0.29) is 12.2 Å². The van der Waals surface area contributed by atoms with Gasteiger partial charge in [0.05, 0.1) is 25.4 Å². The van der Waals surface area contributed by atoms with E-state index in [0.717, 1.165) is 16.5 Å². The molecule has 0 unspecified atom stereocenters. The lowest BCUT2D eigenvalue weighted by Crippen LogP contribution is -2.43. The number of fused-ring (bicyclic) bond motifs is 4. The van der Waals surface area contributed by atoms with Crippen molar-refractivity contribution in [2.24, 2.45) is 0 Å². The quantitative estimate of drug-likeness (QED) is 0.470. The maximum atomic E-state index is 12.5. The predicted octanol–water partition coefficient (Wildman–Crippen LogP) is 4.54. The fourth-order valence-corrected chi connectivity index (χ4v) is 4.16. The minimum atomic E-state index is -2.06. The highest BCUT2D eigenvalue weighted by Crippen LogP contribution is 2.43. The average Bonchev–Trinajstić information content (AvgIpc) is 3.14. The fraction of sp³-hybridized carbons (Fsp3) is 0.280. The summed E-state index contributed by atoms with van der Waals surface area (Å²) in [5, 5.41) is 4.13. The summed E-state index contributed by atoms with van der Waals surface area (Å²) in [7, 11) is 0. The van der Waals surface area contributed by atoms with Gasteiger partial charge >= 0.3 is 6.09 Å². The number of benzene rings is 1. The molecule has 1 atom stereocenters. The van der Waals surface area contributed by atoms with Crippen molar-refractivity contribution >= 4 is 39.4 Å². The van der Waals surface area contributed by atoms with Gasteiger partial charge in [0, 0.05) is 29.2 Å². The first kappa shape index (κ1) is 18.6. The zero-order chi connectivity index (χ0) is 25.1. The van der Waals surface area contributed by atoms with Crippen molar-refractivity contribution in [3.8, 4) is 11.1 Å². The van der Waals surface area contributed by atoms with Gasteiger partial charge in [-0.25, -0.2) is 14.8 Å². The minimum absolute atomic E-state index is 0.171. The third-order valence-electron chi connectivity index (χ3n) is 5.42. The van der Waals surface area contributed by atoms with E-state index in [9.17, 15) is 4.79 Å². The standard InChI is InChI=1S/C25H26N6O2/c1-14-9-17(30-24(32)33-25(2,3)4)12-31-21(14)19(20-22(26)28-13-29-23(20)31)16-10-15-7-5-6-8-18(15)27-11-16/h5-8,10-11,13,17H,1,9,12H2,2-4H3,(H,30,32)(H2,26,28,29)/t17-/m0/s1/i12D2. The van der Waals surface area contributed by atoms with E-state index in [2.05, 4.69) is 26.8 Å². The number of anilines is 1. The van der Waals surface area contributed by atoms with E-state index >= 15 is 0 Å². The van der Waals surface area contributed by atoms with Crippen LogP contribution in [0, 0.1) is 0 Å². The SMILES string of the molecule is [2H]C1([2H])[C@@H](NC(=O)OC(C)(C)C)CC(=C)c2c(-c3cnc4ccccc4c3)c3c(N)ncnc3n21. The molecule has 1 aliphatic heterocycles. The number of amides is 1. The van der Waals surface area contributed by atoms with E-state index in [1.165, 1.54) is 10.9 Å². The van der Waals surface area contributed by atoms with Crippen LogP contribution < -0.4 is 11.1 Å². The Hall–Kier alpha value is -3.94. The van der Waals surface area contributed by atoms with Gasteiger partial charge < -0.3 is 20.4 Å². The number of nitrogens with two attached hydrogens (primary N) is 1. The molecule has 5 rings (SSSR count). The molecule has 4 aromatic rings. The fourth-order valence-electron chi connectivity index (χ4n) is 4.16.